The average molecular weight is 405 g/mol. The largest absolute Gasteiger partial charge is 0.355 e. The summed E-state index contributed by atoms with van der Waals surface area (Å²) in [6.45, 7) is -0.214. The van der Waals surface area contributed by atoms with Crippen LogP contribution in [0, 0.1) is 0 Å². The number of rotatable bonds is 6. The number of hydrogen-bond donors (Lipinski definition) is 2. The van der Waals surface area contributed by atoms with Gasteiger partial charge in [0.25, 0.3) is 5.91 Å². The highest BCUT2D eigenvalue weighted by Gasteiger charge is 2.15. The maximum absolute atomic E-state index is 12.2. The van der Waals surface area contributed by atoms with Crippen molar-refractivity contribution in [3.05, 3.63) is 72.0 Å². The molecule has 2 amide bonds. The summed E-state index contributed by atoms with van der Waals surface area (Å²) in [6, 6.07) is 14.5. The molecule has 0 spiro atoms. The standard InChI is InChI=1S/C20H15N5O3S/c26-18(24-20-23-16(12-29-20)14-7-4-8-21-10-14)11-22-19(27)15-9-17(28-25-15)13-5-2-1-3-6-13/h1-10,12H,11H2,(H,22,27)(H,23,24,26). The van der Waals surface area contributed by atoms with Crippen LogP contribution in [-0.2, 0) is 4.79 Å². The Balaban J connectivity index is 1.31. The van der Waals surface area contributed by atoms with Crippen molar-refractivity contribution >= 4 is 28.3 Å². The minimum absolute atomic E-state index is 0.102. The van der Waals surface area contributed by atoms with E-state index in [2.05, 4.69) is 25.8 Å². The van der Waals surface area contributed by atoms with Gasteiger partial charge in [0.2, 0.25) is 5.91 Å². The molecule has 3 aromatic heterocycles. The first-order valence-electron chi connectivity index (χ1n) is 8.65. The first kappa shape index (κ1) is 18.5. The van der Waals surface area contributed by atoms with E-state index in [4.69, 9.17) is 4.52 Å². The van der Waals surface area contributed by atoms with E-state index in [0.29, 0.717) is 10.9 Å². The van der Waals surface area contributed by atoms with Gasteiger partial charge in [0.15, 0.2) is 16.6 Å². The highest BCUT2D eigenvalue weighted by Crippen LogP contribution is 2.24. The fourth-order valence-electron chi connectivity index (χ4n) is 2.51. The maximum atomic E-state index is 12.2. The number of hydrogen-bond acceptors (Lipinski definition) is 7. The van der Waals surface area contributed by atoms with Crippen molar-refractivity contribution in [2.24, 2.45) is 0 Å². The smallest absolute Gasteiger partial charge is 0.273 e. The van der Waals surface area contributed by atoms with E-state index in [-0.39, 0.29) is 12.2 Å². The van der Waals surface area contributed by atoms with Crippen LogP contribution in [0.1, 0.15) is 10.5 Å². The lowest BCUT2D eigenvalue weighted by Crippen LogP contribution is -2.33. The molecule has 1 aromatic carbocycles. The number of carbonyl (C=O) groups is 2. The number of amides is 2. The second-order valence-corrected chi connectivity index (χ2v) is 6.81. The Labute approximate surface area is 169 Å². The van der Waals surface area contributed by atoms with Crippen LogP contribution in [0.2, 0.25) is 0 Å². The number of thiazole rings is 1. The third-order valence-electron chi connectivity index (χ3n) is 3.92. The number of carbonyl (C=O) groups excluding carboxylic acids is 2. The fraction of sp³-hybridized carbons (Fsp3) is 0.0500. The van der Waals surface area contributed by atoms with Gasteiger partial charge in [0.05, 0.1) is 12.2 Å². The molecule has 0 aliphatic heterocycles. The van der Waals surface area contributed by atoms with Crippen molar-refractivity contribution in [2.45, 2.75) is 0 Å². The molecule has 4 rings (SSSR count). The Kier molecular flexibility index (Phi) is 5.39. The molecule has 9 heteroatoms. The molecule has 0 fully saturated rings. The summed E-state index contributed by atoms with van der Waals surface area (Å²) in [4.78, 5) is 32.7. The molecule has 0 unspecified atom stereocenters. The van der Waals surface area contributed by atoms with Crippen molar-refractivity contribution in [2.75, 3.05) is 11.9 Å². The number of nitrogens with one attached hydrogen (secondary N) is 2. The van der Waals surface area contributed by atoms with Gasteiger partial charge in [0, 0.05) is 35.0 Å². The van der Waals surface area contributed by atoms with Crippen molar-refractivity contribution in [1.82, 2.24) is 20.4 Å². The first-order valence-corrected chi connectivity index (χ1v) is 9.53. The predicted octanol–water partition coefficient (Wildman–Crippen LogP) is 3.23. The molecule has 0 radical (unpaired) electrons. The summed E-state index contributed by atoms with van der Waals surface area (Å²) >= 11 is 1.29. The van der Waals surface area contributed by atoms with Crippen LogP contribution in [0.3, 0.4) is 0 Å². The summed E-state index contributed by atoms with van der Waals surface area (Å²) in [7, 11) is 0. The third-order valence-corrected chi connectivity index (χ3v) is 4.68. The molecule has 0 aliphatic rings. The maximum Gasteiger partial charge on any atom is 0.273 e. The van der Waals surface area contributed by atoms with E-state index in [1.807, 2.05) is 47.8 Å². The van der Waals surface area contributed by atoms with Gasteiger partial charge in [-0.05, 0) is 12.1 Å². The molecule has 2 N–H and O–H groups in total. The average Bonchev–Trinajstić information content (AvgIpc) is 3.43. The van der Waals surface area contributed by atoms with Crippen molar-refractivity contribution in [1.29, 1.82) is 0 Å². The Bertz CT molecular complexity index is 1130. The Morgan fingerprint density at radius 3 is 2.69 bits per heavy atom. The Morgan fingerprint density at radius 2 is 1.90 bits per heavy atom. The normalized spacial score (nSPS) is 10.5. The molecular formula is C20H15N5O3S. The van der Waals surface area contributed by atoms with Gasteiger partial charge in [-0.2, -0.15) is 0 Å². The van der Waals surface area contributed by atoms with Crippen LogP contribution >= 0.6 is 11.3 Å². The lowest BCUT2D eigenvalue weighted by atomic mass is 10.1. The number of pyridine rings is 1. The molecule has 4 aromatic rings. The van der Waals surface area contributed by atoms with Crippen LogP contribution < -0.4 is 10.6 Å². The Morgan fingerprint density at radius 1 is 1.07 bits per heavy atom. The molecule has 29 heavy (non-hydrogen) atoms. The summed E-state index contributed by atoms with van der Waals surface area (Å²) in [5, 5.41) is 11.2. The lowest BCUT2D eigenvalue weighted by molar-refractivity contribution is -0.115. The molecule has 0 aliphatic carbocycles. The zero-order chi connectivity index (χ0) is 20.1. The van der Waals surface area contributed by atoms with Crippen LogP contribution in [-0.4, -0.2) is 33.5 Å². The topological polar surface area (TPSA) is 110 Å². The van der Waals surface area contributed by atoms with Crippen LogP contribution in [0.15, 0.2) is 70.8 Å². The molecule has 0 saturated carbocycles. The fourth-order valence-corrected chi connectivity index (χ4v) is 3.25. The molecule has 3 heterocycles. The predicted molar refractivity (Wildman–Crippen MR) is 108 cm³/mol. The molecule has 144 valence electrons. The third kappa shape index (κ3) is 4.53. The number of anilines is 1. The first-order chi connectivity index (χ1) is 14.2. The summed E-state index contributed by atoms with van der Waals surface area (Å²) in [5.74, 6) is -0.413. The van der Waals surface area contributed by atoms with E-state index in [0.717, 1.165) is 16.8 Å². The lowest BCUT2D eigenvalue weighted by Gasteiger charge is -2.02. The Hall–Kier alpha value is -3.85. The highest BCUT2D eigenvalue weighted by atomic mass is 32.1. The van der Waals surface area contributed by atoms with E-state index in [1.165, 1.54) is 17.4 Å². The highest BCUT2D eigenvalue weighted by molar-refractivity contribution is 7.14. The van der Waals surface area contributed by atoms with E-state index in [9.17, 15) is 9.59 Å². The zero-order valence-corrected chi connectivity index (χ0v) is 15.8. The summed E-state index contributed by atoms with van der Waals surface area (Å²) in [6.07, 6.45) is 3.38. The van der Waals surface area contributed by atoms with Gasteiger partial charge < -0.3 is 15.2 Å². The monoisotopic (exact) mass is 405 g/mol. The van der Waals surface area contributed by atoms with Gasteiger partial charge in [-0.3, -0.25) is 14.6 Å². The van der Waals surface area contributed by atoms with E-state index >= 15 is 0 Å². The number of nitrogens with zero attached hydrogens (tertiary/aromatic N) is 3. The molecule has 0 atom stereocenters. The van der Waals surface area contributed by atoms with Crippen molar-refractivity contribution in [3.63, 3.8) is 0 Å². The quantitative estimate of drug-likeness (QED) is 0.510. The molecule has 0 bridgehead atoms. The van der Waals surface area contributed by atoms with Gasteiger partial charge in [0.1, 0.15) is 0 Å². The number of benzene rings is 1. The minimum Gasteiger partial charge on any atom is -0.355 e. The van der Waals surface area contributed by atoms with Crippen LogP contribution in [0.25, 0.3) is 22.6 Å². The SMILES string of the molecule is O=C(CNC(=O)c1cc(-c2ccccc2)on1)Nc1nc(-c2cccnc2)cs1. The van der Waals surface area contributed by atoms with E-state index in [1.54, 1.807) is 12.4 Å². The molecular weight excluding hydrogens is 390 g/mol. The van der Waals surface area contributed by atoms with Crippen molar-refractivity contribution in [3.8, 4) is 22.6 Å². The summed E-state index contributed by atoms with van der Waals surface area (Å²) in [5.41, 5.74) is 2.49. The van der Waals surface area contributed by atoms with Crippen molar-refractivity contribution < 1.29 is 14.1 Å². The van der Waals surface area contributed by atoms with E-state index < -0.39 is 11.8 Å². The molecule has 0 saturated heterocycles. The zero-order valence-electron chi connectivity index (χ0n) is 15.0. The second-order valence-electron chi connectivity index (χ2n) is 5.95. The van der Waals surface area contributed by atoms with Crippen LogP contribution in [0.4, 0.5) is 5.13 Å². The number of aromatic nitrogens is 3. The minimum atomic E-state index is -0.499. The van der Waals surface area contributed by atoms with Gasteiger partial charge in [-0.25, -0.2) is 4.98 Å². The van der Waals surface area contributed by atoms with Gasteiger partial charge >= 0.3 is 0 Å². The summed E-state index contributed by atoms with van der Waals surface area (Å²) < 4.78 is 5.19. The van der Waals surface area contributed by atoms with Gasteiger partial charge in [-0.1, -0.05) is 35.5 Å². The van der Waals surface area contributed by atoms with Crippen LogP contribution in [0.5, 0.6) is 0 Å². The van der Waals surface area contributed by atoms with Gasteiger partial charge in [-0.15, -0.1) is 11.3 Å². The second kappa shape index (κ2) is 8.44. The molecule has 8 nitrogen and oxygen atoms in total.